The van der Waals surface area contributed by atoms with Crippen molar-refractivity contribution in [3.8, 4) is 22.7 Å². The Balaban J connectivity index is 1.76. The number of amides is 2. The minimum atomic E-state index is -0.747. The van der Waals surface area contributed by atoms with Gasteiger partial charge in [-0.2, -0.15) is 0 Å². The maximum atomic E-state index is 15.2. The molecular formula is C34H35FN6O4. The second-order valence-electron chi connectivity index (χ2n) is 12.1. The number of piperazine rings is 1. The highest BCUT2D eigenvalue weighted by molar-refractivity contribution is 6.12. The average Bonchev–Trinajstić information content (AvgIpc) is 2.99. The van der Waals surface area contributed by atoms with E-state index in [2.05, 4.69) is 11.6 Å². The molecule has 0 unspecified atom stereocenters. The molecular weight excluding hydrogens is 575 g/mol. The molecule has 0 aliphatic carbocycles. The molecule has 2 aliphatic rings. The van der Waals surface area contributed by atoms with Crippen LogP contribution in [-0.2, 0) is 9.59 Å². The molecule has 1 aromatic carbocycles. The van der Waals surface area contributed by atoms with E-state index >= 15 is 4.39 Å². The molecule has 0 radical (unpaired) electrons. The molecule has 0 bridgehead atoms. The van der Waals surface area contributed by atoms with Crippen molar-refractivity contribution in [2.45, 2.75) is 52.6 Å². The summed E-state index contributed by atoms with van der Waals surface area (Å²) in [5, 5.41) is 11.3. The van der Waals surface area contributed by atoms with Crippen molar-refractivity contribution in [2.75, 3.05) is 29.9 Å². The number of anilines is 2. The van der Waals surface area contributed by atoms with Crippen LogP contribution in [-0.4, -0.2) is 68.6 Å². The summed E-state index contributed by atoms with van der Waals surface area (Å²) in [6, 6.07) is 6.65. The standard InChI is InChI=1S/C34H35FN6O4/c1-8-25(43)39-16-23-33(44)38(7)31-30(40(23)15-20(39)6)21-14-19(5)28(26-22(35)10-9-11-24(26)42)37-32(21)41(34(31)45)29-18(4)12-13-36-27(29)17(2)3/h8-14,17,20,23,42H,1,15-16H2,2-7H3/t20-,23-/m1/s1. The van der Waals surface area contributed by atoms with Crippen LogP contribution in [0.25, 0.3) is 28.0 Å². The molecule has 0 saturated carbocycles. The number of hydrogen-bond donors (Lipinski definition) is 1. The number of phenols is 1. The van der Waals surface area contributed by atoms with E-state index in [1.54, 1.807) is 31.1 Å². The molecule has 10 nitrogen and oxygen atoms in total. The summed E-state index contributed by atoms with van der Waals surface area (Å²) in [5.74, 6) is -1.59. The summed E-state index contributed by atoms with van der Waals surface area (Å²) in [6.45, 7) is 13.5. The summed E-state index contributed by atoms with van der Waals surface area (Å²) in [6.07, 6.45) is 2.92. The van der Waals surface area contributed by atoms with Crippen LogP contribution in [0.1, 0.15) is 43.5 Å². The number of aromatic nitrogens is 3. The molecule has 1 saturated heterocycles. The molecule has 2 aliphatic heterocycles. The first kappa shape index (κ1) is 30.0. The summed E-state index contributed by atoms with van der Waals surface area (Å²) < 4.78 is 16.7. The van der Waals surface area contributed by atoms with Gasteiger partial charge in [0.25, 0.3) is 11.5 Å². The van der Waals surface area contributed by atoms with Gasteiger partial charge in [-0.3, -0.25) is 23.9 Å². The highest BCUT2D eigenvalue weighted by Gasteiger charge is 2.46. The quantitative estimate of drug-likeness (QED) is 0.336. The van der Waals surface area contributed by atoms with E-state index in [1.165, 1.54) is 33.7 Å². The van der Waals surface area contributed by atoms with Gasteiger partial charge in [-0.25, -0.2) is 9.37 Å². The first-order chi connectivity index (χ1) is 21.4. The summed E-state index contributed by atoms with van der Waals surface area (Å²) >= 11 is 0. The number of aromatic hydroxyl groups is 1. The third-order valence-corrected chi connectivity index (χ3v) is 8.88. The Bertz CT molecular complexity index is 1970. The van der Waals surface area contributed by atoms with Crippen molar-refractivity contribution in [1.29, 1.82) is 0 Å². The van der Waals surface area contributed by atoms with Crippen molar-refractivity contribution in [3.63, 3.8) is 0 Å². The minimum absolute atomic E-state index is 0.0709. The Morgan fingerprint density at radius 1 is 1.11 bits per heavy atom. The fourth-order valence-electron chi connectivity index (χ4n) is 6.66. The monoisotopic (exact) mass is 610 g/mol. The number of aryl methyl sites for hydroxylation is 2. The van der Waals surface area contributed by atoms with Crippen LogP contribution >= 0.6 is 0 Å². The Hall–Kier alpha value is -5.06. The van der Waals surface area contributed by atoms with Gasteiger partial charge in [-0.15, -0.1) is 0 Å². The number of rotatable bonds is 4. The first-order valence-electron chi connectivity index (χ1n) is 14.9. The maximum Gasteiger partial charge on any atom is 0.283 e. The Morgan fingerprint density at radius 3 is 2.51 bits per heavy atom. The zero-order valence-electron chi connectivity index (χ0n) is 26.1. The number of hydrogen-bond acceptors (Lipinski definition) is 7. The molecule has 6 rings (SSSR count). The van der Waals surface area contributed by atoms with Gasteiger partial charge in [0, 0.05) is 31.2 Å². The van der Waals surface area contributed by atoms with Crippen LogP contribution in [0.5, 0.6) is 5.75 Å². The maximum absolute atomic E-state index is 15.2. The highest BCUT2D eigenvalue weighted by Crippen LogP contribution is 2.44. The number of pyridine rings is 3. The van der Waals surface area contributed by atoms with Crippen molar-refractivity contribution >= 4 is 34.2 Å². The number of nitrogens with zero attached hydrogens (tertiary/aromatic N) is 6. The molecule has 5 heterocycles. The third kappa shape index (κ3) is 4.48. The van der Waals surface area contributed by atoms with Gasteiger partial charge in [0.1, 0.15) is 28.9 Å². The van der Waals surface area contributed by atoms with E-state index in [-0.39, 0.29) is 65.2 Å². The van der Waals surface area contributed by atoms with Crippen molar-refractivity contribution in [2.24, 2.45) is 0 Å². The number of phenolic OH excluding ortho intramolecular Hbond substituents is 1. The third-order valence-electron chi connectivity index (χ3n) is 8.88. The molecule has 2 amide bonds. The fraction of sp³-hybridized carbons (Fsp3) is 0.324. The molecule has 4 aromatic rings. The number of halogens is 1. The molecule has 11 heteroatoms. The number of likely N-dealkylation sites (N-methyl/N-ethyl adjacent to an activating group) is 1. The summed E-state index contributed by atoms with van der Waals surface area (Å²) in [5.41, 5.74) is 3.08. The Morgan fingerprint density at radius 2 is 1.84 bits per heavy atom. The van der Waals surface area contributed by atoms with Gasteiger partial charge in [0.2, 0.25) is 5.91 Å². The summed E-state index contributed by atoms with van der Waals surface area (Å²) in [7, 11) is 1.57. The van der Waals surface area contributed by atoms with Gasteiger partial charge < -0.3 is 19.8 Å². The normalized spacial score (nSPS) is 18.0. The van der Waals surface area contributed by atoms with E-state index in [9.17, 15) is 19.5 Å². The lowest BCUT2D eigenvalue weighted by molar-refractivity contribution is -0.130. The van der Waals surface area contributed by atoms with Crippen molar-refractivity contribution in [3.05, 3.63) is 82.2 Å². The lowest BCUT2D eigenvalue weighted by Gasteiger charge is -2.49. The van der Waals surface area contributed by atoms with Gasteiger partial charge in [-0.05, 0) is 68.2 Å². The van der Waals surface area contributed by atoms with Crippen LogP contribution in [0.4, 0.5) is 15.8 Å². The minimum Gasteiger partial charge on any atom is -0.507 e. The number of benzene rings is 1. The zero-order valence-corrected chi connectivity index (χ0v) is 26.1. The number of fused-ring (bicyclic) bond motifs is 5. The smallest absolute Gasteiger partial charge is 0.283 e. The predicted octanol–water partition coefficient (Wildman–Crippen LogP) is 4.60. The second kappa shape index (κ2) is 10.8. The van der Waals surface area contributed by atoms with Gasteiger partial charge >= 0.3 is 0 Å². The number of carbonyl (C=O) groups is 2. The van der Waals surface area contributed by atoms with E-state index in [4.69, 9.17) is 4.98 Å². The predicted molar refractivity (Wildman–Crippen MR) is 172 cm³/mol. The topological polar surface area (TPSA) is 112 Å². The lowest BCUT2D eigenvalue weighted by atomic mass is 9.97. The Labute approximate surface area is 260 Å². The van der Waals surface area contributed by atoms with Crippen molar-refractivity contribution in [1.82, 2.24) is 19.4 Å². The lowest BCUT2D eigenvalue weighted by Crippen LogP contribution is -2.66. The van der Waals surface area contributed by atoms with Gasteiger partial charge in [-0.1, -0.05) is 26.5 Å². The van der Waals surface area contributed by atoms with E-state index in [0.29, 0.717) is 28.0 Å². The Kier molecular flexibility index (Phi) is 7.22. The van der Waals surface area contributed by atoms with Crippen LogP contribution in [0.3, 0.4) is 0 Å². The van der Waals surface area contributed by atoms with Crippen LogP contribution < -0.4 is 15.4 Å². The second-order valence-corrected chi connectivity index (χ2v) is 12.1. The van der Waals surface area contributed by atoms with Gasteiger partial charge in [0.15, 0.2) is 0 Å². The average molecular weight is 611 g/mol. The molecule has 45 heavy (non-hydrogen) atoms. The van der Waals surface area contributed by atoms with E-state index < -0.39 is 17.4 Å². The molecule has 2 atom stereocenters. The van der Waals surface area contributed by atoms with Crippen molar-refractivity contribution < 1.29 is 19.1 Å². The SMILES string of the molecule is C=CC(=O)N1C[C@@H]2C(=O)N(C)c3c(c4cc(C)c(-c5c(O)cccc5F)nc4n(-c4c(C)ccnc4C(C)C)c3=O)N2C[C@H]1C. The largest absolute Gasteiger partial charge is 0.507 e. The van der Waals surface area contributed by atoms with Crippen LogP contribution in [0.15, 0.2) is 54.0 Å². The molecule has 1 N–H and O–H groups in total. The first-order valence-corrected chi connectivity index (χ1v) is 14.9. The van der Waals surface area contributed by atoms with Gasteiger partial charge in [0.05, 0.1) is 34.9 Å². The van der Waals surface area contributed by atoms with E-state index in [0.717, 1.165) is 5.56 Å². The highest BCUT2D eigenvalue weighted by atomic mass is 19.1. The molecule has 3 aromatic heterocycles. The summed E-state index contributed by atoms with van der Waals surface area (Å²) in [4.78, 5) is 55.9. The number of carbonyl (C=O) groups excluding carboxylic acids is 2. The van der Waals surface area contributed by atoms with Crippen LogP contribution in [0, 0.1) is 19.7 Å². The fourth-order valence-corrected chi connectivity index (χ4v) is 6.66. The van der Waals surface area contributed by atoms with Crippen LogP contribution in [0.2, 0.25) is 0 Å². The van der Waals surface area contributed by atoms with E-state index in [1.807, 2.05) is 38.7 Å². The molecule has 1 fully saturated rings. The molecule has 232 valence electrons. The molecule has 0 spiro atoms. The zero-order chi connectivity index (χ0) is 32.5.